The van der Waals surface area contributed by atoms with Crippen LogP contribution < -0.4 is 16.0 Å². The summed E-state index contributed by atoms with van der Waals surface area (Å²) in [7, 11) is 0. The number of piperazine rings is 1. The number of rotatable bonds is 3. The fourth-order valence-electron chi connectivity index (χ4n) is 2.40. The van der Waals surface area contributed by atoms with Gasteiger partial charge in [0.2, 0.25) is 0 Å². The maximum absolute atomic E-state index is 11.7. The van der Waals surface area contributed by atoms with Crippen LogP contribution in [-0.4, -0.2) is 48.9 Å². The van der Waals surface area contributed by atoms with E-state index in [1.165, 1.54) is 0 Å². The maximum atomic E-state index is 11.7. The van der Waals surface area contributed by atoms with E-state index in [2.05, 4.69) is 10.2 Å². The second-order valence-corrected chi connectivity index (χ2v) is 5.65. The van der Waals surface area contributed by atoms with Gasteiger partial charge in [0.15, 0.2) is 5.11 Å². The van der Waals surface area contributed by atoms with Crippen molar-refractivity contribution in [3.05, 3.63) is 23.2 Å². The molecule has 0 saturated carbocycles. The predicted octanol–water partition coefficient (Wildman–Crippen LogP) is 2.27. The molecule has 0 unspecified atom stereocenters. The molecule has 3 N–H and O–H groups in total. The third-order valence-corrected chi connectivity index (χ3v) is 3.77. The zero-order valence-electron chi connectivity index (χ0n) is 12.3. The van der Waals surface area contributed by atoms with Crippen molar-refractivity contribution in [1.82, 2.24) is 4.90 Å². The van der Waals surface area contributed by atoms with Gasteiger partial charge in [0.05, 0.1) is 23.0 Å². The van der Waals surface area contributed by atoms with Crippen LogP contribution >= 0.6 is 23.8 Å². The molecular weight excluding hydrogens is 324 g/mol. The highest BCUT2D eigenvalue weighted by atomic mass is 35.5. The van der Waals surface area contributed by atoms with Crippen LogP contribution in [0.1, 0.15) is 6.92 Å². The summed E-state index contributed by atoms with van der Waals surface area (Å²) >= 11 is 11.2. The lowest BCUT2D eigenvalue weighted by Gasteiger charge is -2.36. The number of nitrogens with one attached hydrogen (secondary N) is 1. The average Bonchev–Trinajstić information content (AvgIpc) is 2.47. The molecule has 1 aromatic carbocycles. The van der Waals surface area contributed by atoms with Crippen molar-refractivity contribution < 1.29 is 9.53 Å². The zero-order chi connectivity index (χ0) is 16.1. The number of carbonyl (C=O) groups is 1. The molecule has 0 aromatic heterocycles. The van der Waals surface area contributed by atoms with Crippen LogP contribution in [-0.2, 0) is 4.74 Å². The Bertz CT molecular complexity index is 562. The van der Waals surface area contributed by atoms with Gasteiger partial charge in [-0.2, -0.15) is 0 Å². The van der Waals surface area contributed by atoms with Gasteiger partial charge >= 0.3 is 6.09 Å². The maximum Gasteiger partial charge on any atom is 0.409 e. The van der Waals surface area contributed by atoms with Crippen molar-refractivity contribution in [2.24, 2.45) is 5.73 Å². The van der Waals surface area contributed by atoms with Crippen LogP contribution in [0.3, 0.4) is 0 Å². The third kappa shape index (κ3) is 3.92. The second-order valence-electron chi connectivity index (χ2n) is 4.80. The summed E-state index contributed by atoms with van der Waals surface area (Å²) in [5, 5.41) is 3.75. The highest BCUT2D eigenvalue weighted by Gasteiger charge is 2.24. The number of thiocarbonyl (C=S) groups is 1. The number of para-hydroxylation sites is 1. The number of amides is 1. The van der Waals surface area contributed by atoms with Gasteiger partial charge in [0, 0.05) is 26.2 Å². The molecule has 120 valence electrons. The first-order valence-corrected chi connectivity index (χ1v) is 7.83. The summed E-state index contributed by atoms with van der Waals surface area (Å²) in [5.41, 5.74) is 7.17. The van der Waals surface area contributed by atoms with E-state index in [0.29, 0.717) is 37.8 Å². The van der Waals surface area contributed by atoms with Gasteiger partial charge in [-0.15, -0.1) is 0 Å². The first-order chi connectivity index (χ1) is 10.5. The zero-order valence-corrected chi connectivity index (χ0v) is 13.9. The van der Waals surface area contributed by atoms with Crippen LogP contribution in [0.25, 0.3) is 0 Å². The molecule has 0 bridgehead atoms. The number of anilines is 2. The summed E-state index contributed by atoms with van der Waals surface area (Å²) < 4.78 is 5.02. The first-order valence-electron chi connectivity index (χ1n) is 7.04. The lowest BCUT2D eigenvalue weighted by molar-refractivity contribution is 0.105. The molecule has 0 aliphatic carbocycles. The van der Waals surface area contributed by atoms with Gasteiger partial charge in [-0.25, -0.2) is 4.79 Å². The quantitative estimate of drug-likeness (QED) is 0.821. The first kappa shape index (κ1) is 16.6. The van der Waals surface area contributed by atoms with E-state index in [1.54, 1.807) is 11.8 Å². The highest BCUT2D eigenvalue weighted by Crippen LogP contribution is 2.34. The number of nitrogens with two attached hydrogens (primary N) is 1. The van der Waals surface area contributed by atoms with Gasteiger partial charge in [-0.3, -0.25) is 0 Å². The standard InChI is InChI=1S/C14H19ClN4O2S/c1-2-21-14(20)19-8-6-18(7-9-19)12-10(15)4-3-5-11(12)17-13(16)22/h3-5H,2,6-9H2,1H3,(H3,16,17,22). The third-order valence-electron chi connectivity index (χ3n) is 3.37. The van der Waals surface area contributed by atoms with Crippen molar-refractivity contribution in [2.75, 3.05) is 43.0 Å². The molecule has 6 nitrogen and oxygen atoms in total. The Labute approximate surface area is 140 Å². The van der Waals surface area contributed by atoms with E-state index in [-0.39, 0.29) is 11.2 Å². The molecule has 8 heteroatoms. The molecule has 1 fully saturated rings. The van der Waals surface area contributed by atoms with Crippen molar-refractivity contribution in [3.63, 3.8) is 0 Å². The van der Waals surface area contributed by atoms with E-state index in [9.17, 15) is 4.79 Å². The number of hydrogen-bond acceptors (Lipinski definition) is 4. The molecule has 0 radical (unpaired) electrons. The van der Waals surface area contributed by atoms with Crippen LogP contribution in [0.15, 0.2) is 18.2 Å². The molecule has 1 aliphatic heterocycles. The van der Waals surface area contributed by atoms with E-state index in [1.807, 2.05) is 18.2 Å². The Morgan fingerprint density at radius 3 is 2.68 bits per heavy atom. The SMILES string of the molecule is CCOC(=O)N1CCN(c2c(Cl)cccc2NC(N)=S)CC1. The molecule has 1 aromatic rings. The summed E-state index contributed by atoms with van der Waals surface area (Å²) in [6.07, 6.45) is -0.275. The summed E-state index contributed by atoms with van der Waals surface area (Å²) in [4.78, 5) is 15.5. The summed E-state index contributed by atoms with van der Waals surface area (Å²) in [6, 6.07) is 5.53. The minimum Gasteiger partial charge on any atom is -0.450 e. The Kier molecular flexibility index (Phi) is 5.68. The normalized spacial score (nSPS) is 14.6. The molecule has 22 heavy (non-hydrogen) atoms. The number of halogens is 1. The molecular formula is C14H19ClN4O2S. The fraction of sp³-hybridized carbons (Fsp3) is 0.429. The Hall–Kier alpha value is -1.73. The van der Waals surface area contributed by atoms with Gasteiger partial charge in [-0.05, 0) is 31.3 Å². The van der Waals surface area contributed by atoms with Crippen molar-refractivity contribution >= 4 is 46.4 Å². The van der Waals surface area contributed by atoms with Crippen molar-refractivity contribution in [3.8, 4) is 0 Å². The fourth-order valence-corrected chi connectivity index (χ4v) is 2.80. The second kappa shape index (κ2) is 7.51. The average molecular weight is 343 g/mol. The van der Waals surface area contributed by atoms with Crippen LogP contribution in [0.2, 0.25) is 5.02 Å². The Morgan fingerprint density at radius 1 is 1.41 bits per heavy atom. The molecule has 2 rings (SSSR count). The van der Waals surface area contributed by atoms with E-state index in [0.717, 1.165) is 11.4 Å². The topological polar surface area (TPSA) is 70.8 Å². The highest BCUT2D eigenvalue weighted by molar-refractivity contribution is 7.80. The van der Waals surface area contributed by atoms with Gasteiger partial charge in [0.25, 0.3) is 0 Å². The Balaban J connectivity index is 2.11. The van der Waals surface area contributed by atoms with Crippen LogP contribution in [0.5, 0.6) is 0 Å². The number of carbonyl (C=O) groups excluding carboxylic acids is 1. The minimum absolute atomic E-state index is 0.189. The van der Waals surface area contributed by atoms with Crippen LogP contribution in [0.4, 0.5) is 16.2 Å². The monoisotopic (exact) mass is 342 g/mol. The molecule has 1 aliphatic rings. The predicted molar refractivity (Wildman–Crippen MR) is 92.7 cm³/mol. The number of nitrogens with zero attached hydrogens (tertiary/aromatic N) is 2. The molecule has 1 heterocycles. The largest absolute Gasteiger partial charge is 0.450 e. The van der Waals surface area contributed by atoms with E-state index in [4.69, 9.17) is 34.3 Å². The van der Waals surface area contributed by atoms with Gasteiger partial charge < -0.3 is 25.6 Å². The lowest BCUT2D eigenvalue weighted by Crippen LogP contribution is -2.49. The molecule has 1 amide bonds. The van der Waals surface area contributed by atoms with Gasteiger partial charge in [-0.1, -0.05) is 17.7 Å². The summed E-state index contributed by atoms with van der Waals surface area (Å²) in [5.74, 6) is 0. The minimum atomic E-state index is -0.275. The molecule has 0 atom stereocenters. The van der Waals surface area contributed by atoms with Gasteiger partial charge in [0.1, 0.15) is 0 Å². The number of hydrogen-bond donors (Lipinski definition) is 2. The molecule has 1 saturated heterocycles. The summed E-state index contributed by atoms with van der Waals surface area (Å²) in [6.45, 7) is 4.66. The van der Waals surface area contributed by atoms with Crippen molar-refractivity contribution in [1.29, 1.82) is 0 Å². The van der Waals surface area contributed by atoms with E-state index < -0.39 is 0 Å². The Morgan fingerprint density at radius 2 is 2.09 bits per heavy atom. The number of benzene rings is 1. The molecule has 0 spiro atoms. The van der Waals surface area contributed by atoms with Crippen LogP contribution in [0, 0.1) is 0 Å². The van der Waals surface area contributed by atoms with E-state index >= 15 is 0 Å². The lowest BCUT2D eigenvalue weighted by atomic mass is 10.2. The smallest absolute Gasteiger partial charge is 0.409 e. The van der Waals surface area contributed by atoms with Crippen molar-refractivity contribution in [2.45, 2.75) is 6.92 Å². The number of ether oxygens (including phenoxy) is 1.